The molecule has 90 valence electrons. The van der Waals surface area contributed by atoms with E-state index in [0.29, 0.717) is 11.7 Å². The summed E-state index contributed by atoms with van der Waals surface area (Å²) in [6.45, 7) is 3.96. The summed E-state index contributed by atoms with van der Waals surface area (Å²) < 4.78 is 10.6. The Morgan fingerprint density at radius 1 is 1.56 bits per heavy atom. The average Bonchev–Trinajstić information content (AvgIpc) is 2.73. The maximum atomic E-state index is 9.22. The minimum Gasteiger partial charge on any atom is -0.393 e. The molecule has 1 aromatic heterocycles. The van der Waals surface area contributed by atoms with E-state index in [0.717, 1.165) is 19.3 Å². The van der Waals surface area contributed by atoms with E-state index in [9.17, 15) is 5.11 Å². The summed E-state index contributed by atoms with van der Waals surface area (Å²) in [5.41, 5.74) is -0.482. The Morgan fingerprint density at radius 3 is 2.75 bits per heavy atom. The summed E-state index contributed by atoms with van der Waals surface area (Å²) in [5, 5.41) is 13.2. The smallest absolute Gasteiger partial charge is 0.230 e. The van der Waals surface area contributed by atoms with E-state index < -0.39 is 5.60 Å². The van der Waals surface area contributed by atoms with Crippen LogP contribution in [0.1, 0.15) is 50.7 Å². The van der Waals surface area contributed by atoms with Crippen LogP contribution in [-0.2, 0) is 10.3 Å². The highest BCUT2D eigenvalue weighted by Crippen LogP contribution is 2.37. The molecule has 1 heterocycles. The molecule has 0 saturated heterocycles. The van der Waals surface area contributed by atoms with Crippen molar-refractivity contribution < 1.29 is 14.4 Å². The monoisotopic (exact) mass is 226 g/mol. The van der Waals surface area contributed by atoms with Gasteiger partial charge >= 0.3 is 0 Å². The number of methoxy groups -OCH3 is 1. The summed E-state index contributed by atoms with van der Waals surface area (Å²) >= 11 is 0. The summed E-state index contributed by atoms with van der Waals surface area (Å²) in [6.07, 6.45) is 2.02. The second-order valence-corrected chi connectivity index (χ2v) is 4.57. The van der Waals surface area contributed by atoms with Crippen LogP contribution in [0.3, 0.4) is 0 Å². The number of aliphatic hydroxyl groups is 1. The van der Waals surface area contributed by atoms with Gasteiger partial charge in [-0.3, -0.25) is 0 Å². The lowest BCUT2D eigenvalue weighted by Crippen LogP contribution is -2.27. The Labute approximate surface area is 94.8 Å². The lowest BCUT2D eigenvalue weighted by Gasteiger charge is -2.28. The molecule has 1 atom stereocenters. The summed E-state index contributed by atoms with van der Waals surface area (Å²) in [5.74, 6) is 1.43. The fraction of sp³-hybridized carbons (Fsp3) is 0.818. The zero-order valence-corrected chi connectivity index (χ0v) is 9.93. The van der Waals surface area contributed by atoms with E-state index in [2.05, 4.69) is 10.1 Å². The molecule has 5 nitrogen and oxygen atoms in total. The van der Waals surface area contributed by atoms with E-state index in [1.807, 2.05) is 13.8 Å². The van der Waals surface area contributed by atoms with Crippen molar-refractivity contribution >= 4 is 0 Å². The third kappa shape index (κ3) is 1.85. The quantitative estimate of drug-likeness (QED) is 0.844. The van der Waals surface area contributed by atoms with E-state index >= 15 is 0 Å². The largest absolute Gasteiger partial charge is 0.393 e. The van der Waals surface area contributed by atoms with Crippen molar-refractivity contribution in [3.63, 3.8) is 0 Å². The number of aliphatic hydroxyl groups excluding tert-OH is 1. The Balaban J connectivity index is 2.13. The highest BCUT2D eigenvalue weighted by atomic mass is 16.5. The molecule has 1 aliphatic rings. The van der Waals surface area contributed by atoms with Crippen LogP contribution in [0.5, 0.6) is 0 Å². The first-order chi connectivity index (χ1) is 7.59. The van der Waals surface area contributed by atoms with Crippen LogP contribution >= 0.6 is 0 Å². The van der Waals surface area contributed by atoms with Gasteiger partial charge in [0.05, 0.1) is 6.10 Å². The first-order valence-corrected chi connectivity index (χ1v) is 5.66. The topological polar surface area (TPSA) is 68.4 Å². The van der Waals surface area contributed by atoms with E-state index in [1.165, 1.54) is 0 Å². The van der Waals surface area contributed by atoms with Gasteiger partial charge in [-0.15, -0.1) is 0 Å². The molecular formula is C11H18N2O3. The first-order valence-electron chi connectivity index (χ1n) is 5.66. The lowest BCUT2D eigenvalue weighted by atomic mass is 9.82. The van der Waals surface area contributed by atoms with Gasteiger partial charge in [-0.25, -0.2) is 0 Å². The molecule has 0 radical (unpaired) electrons. The molecule has 0 aromatic carbocycles. The number of nitrogens with zero attached hydrogens (tertiary/aromatic N) is 2. The number of hydrogen-bond donors (Lipinski definition) is 1. The van der Waals surface area contributed by atoms with Crippen LogP contribution < -0.4 is 0 Å². The van der Waals surface area contributed by atoms with E-state index in [-0.39, 0.29) is 12.0 Å². The van der Waals surface area contributed by atoms with Gasteiger partial charge in [-0.1, -0.05) is 12.1 Å². The Bertz CT molecular complexity index is 354. The number of aromatic nitrogens is 2. The van der Waals surface area contributed by atoms with Crippen LogP contribution in [-0.4, -0.2) is 28.5 Å². The molecular weight excluding hydrogens is 208 g/mol. The number of ether oxygens (including phenoxy) is 1. The van der Waals surface area contributed by atoms with Gasteiger partial charge in [0.15, 0.2) is 0 Å². The molecule has 5 heteroatoms. The highest BCUT2D eigenvalue weighted by molar-refractivity contribution is 5.05. The van der Waals surface area contributed by atoms with Gasteiger partial charge in [0.2, 0.25) is 11.7 Å². The predicted octanol–water partition coefficient (Wildman–Crippen LogP) is 1.58. The van der Waals surface area contributed by atoms with Crippen molar-refractivity contribution in [3.8, 4) is 0 Å². The van der Waals surface area contributed by atoms with Gasteiger partial charge in [0, 0.05) is 13.0 Å². The number of hydrogen-bond acceptors (Lipinski definition) is 5. The van der Waals surface area contributed by atoms with E-state index in [4.69, 9.17) is 9.26 Å². The average molecular weight is 226 g/mol. The van der Waals surface area contributed by atoms with Crippen molar-refractivity contribution in [2.24, 2.45) is 0 Å². The standard InChI is InChI=1S/C11H18N2O3/c1-4-11(2,15-3)10-12-9(16-13-10)7-5-8(14)6-7/h7-8,14H,4-6H2,1-3H3. The van der Waals surface area contributed by atoms with Crippen molar-refractivity contribution in [1.29, 1.82) is 0 Å². The van der Waals surface area contributed by atoms with Crippen molar-refractivity contribution in [3.05, 3.63) is 11.7 Å². The summed E-state index contributed by atoms with van der Waals surface area (Å²) in [6, 6.07) is 0. The molecule has 1 N–H and O–H groups in total. The third-order valence-corrected chi connectivity index (χ3v) is 3.50. The van der Waals surface area contributed by atoms with E-state index in [1.54, 1.807) is 7.11 Å². The zero-order chi connectivity index (χ0) is 11.8. The van der Waals surface area contributed by atoms with Gasteiger partial charge in [0.1, 0.15) is 5.60 Å². The lowest BCUT2D eigenvalue weighted by molar-refractivity contribution is -0.0106. The van der Waals surface area contributed by atoms with Gasteiger partial charge in [-0.2, -0.15) is 4.98 Å². The molecule has 1 unspecified atom stereocenters. The van der Waals surface area contributed by atoms with Crippen molar-refractivity contribution in [2.75, 3.05) is 7.11 Å². The van der Waals surface area contributed by atoms with Crippen LogP contribution in [0, 0.1) is 0 Å². The first kappa shape index (κ1) is 11.5. The molecule has 1 fully saturated rings. The minimum absolute atomic E-state index is 0.208. The zero-order valence-electron chi connectivity index (χ0n) is 9.93. The Morgan fingerprint density at radius 2 is 2.25 bits per heavy atom. The van der Waals surface area contributed by atoms with Crippen molar-refractivity contribution in [2.45, 2.75) is 50.7 Å². The van der Waals surface area contributed by atoms with Crippen molar-refractivity contribution in [1.82, 2.24) is 10.1 Å². The third-order valence-electron chi connectivity index (χ3n) is 3.50. The minimum atomic E-state index is -0.482. The summed E-state index contributed by atoms with van der Waals surface area (Å²) in [4.78, 5) is 4.37. The normalized spacial score (nSPS) is 28.5. The van der Waals surface area contributed by atoms with Gasteiger partial charge < -0.3 is 14.4 Å². The molecule has 1 aromatic rings. The maximum Gasteiger partial charge on any atom is 0.230 e. The maximum absolute atomic E-state index is 9.22. The summed E-state index contributed by atoms with van der Waals surface area (Å²) in [7, 11) is 1.65. The Kier molecular flexibility index (Phi) is 2.99. The van der Waals surface area contributed by atoms with Crippen LogP contribution in [0.25, 0.3) is 0 Å². The fourth-order valence-electron chi connectivity index (χ4n) is 1.80. The molecule has 0 spiro atoms. The molecule has 1 aliphatic carbocycles. The van der Waals surface area contributed by atoms with Crippen LogP contribution in [0.2, 0.25) is 0 Å². The highest BCUT2D eigenvalue weighted by Gasteiger charge is 2.36. The molecule has 0 amide bonds. The molecule has 0 bridgehead atoms. The molecule has 0 aliphatic heterocycles. The molecule has 2 rings (SSSR count). The predicted molar refractivity (Wildman–Crippen MR) is 56.9 cm³/mol. The fourth-order valence-corrected chi connectivity index (χ4v) is 1.80. The second-order valence-electron chi connectivity index (χ2n) is 4.57. The number of rotatable bonds is 4. The van der Waals surface area contributed by atoms with Crippen LogP contribution in [0.4, 0.5) is 0 Å². The second kappa shape index (κ2) is 4.14. The van der Waals surface area contributed by atoms with Gasteiger partial charge in [-0.05, 0) is 26.2 Å². The SMILES string of the molecule is CCC(C)(OC)c1noc(C2CC(O)C2)n1. The molecule has 16 heavy (non-hydrogen) atoms. The molecule has 1 saturated carbocycles. The van der Waals surface area contributed by atoms with Gasteiger partial charge in [0.25, 0.3) is 0 Å². The Hall–Kier alpha value is -0.940. The van der Waals surface area contributed by atoms with Crippen LogP contribution in [0.15, 0.2) is 4.52 Å².